The largest absolute Gasteiger partial charge is 0.464 e. The Bertz CT molecular complexity index is 851. The van der Waals surface area contributed by atoms with Crippen LogP contribution in [0.2, 0.25) is 0 Å². The maximum Gasteiger partial charge on any atom is 0.268 e. The van der Waals surface area contributed by atoms with Gasteiger partial charge in [0, 0.05) is 11.6 Å². The van der Waals surface area contributed by atoms with E-state index in [4.69, 9.17) is 4.42 Å². The van der Waals surface area contributed by atoms with Gasteiger partial charge in [-0.05, 0) is 22.0 Å². The summed E-state index contributed by atoms with van der Waals surface area (Å²) in [6.45, 7) is -0.0746. The molecule has 0 aliphatic heterocycles. The molecule has 100 valence electrons. The molecule has 3 rings (SSSR count). The van der Waals surface area contributed by atoms with Crippen molar-refractivity contribution in [3.8, 4) is 0 Å². The quantitative estimate of drug-likeness (QED) is 0.691. The first-order chi connectivity index (χ1) is 9.66. The zero-order valence-electron chi connectivity index (χ0n) is 10.2. The molecule has 5 nitrogen and oxygen atoms in total. The van der Waals surface area contributed by atoms with Crippen LogP contribution in [0.3, 0.4) is 0 Å². The van der Waals surface area contributed by atoms with Crippen molar-refractivity contribution in [1.82, 2.24) is 9.55 Å². The molecule has 3 aromatic rings. The number of para-hydroxylation sites is 1. The summed E-state index contributed by atoms with van der Waals surface area (Å²) in [6, 6.07) is 7.28. The van der Waals surface area contributed by atoms with Crippen LogP contribution in [0.25, 0.3) is 11.0 Å². The van der Waals surface area contributed by atoms with Crippen LogP contribution in [-0.4, -0.2) is 15.3 Å². The van der Waals surface area contributed by atoms with E-state index in [2.05, 4.69) is 20.9 Å². The van der Waals surface area contributed by atoms with E-state index in [0.717, 1.165) is 5.39 Å². The molecule has 1 aromatic carbocycles. The van der Waals surface area contributed by atoms with E-state index in [-0.39, 0.29) is 17.9 Å². The topological polar surface area (TPSA) is 65.1 Å². The maximum absolute atomic E-state index is 12.3. The van der Waals surface area contributed by atoms with Crippen molar-refractivity contribution in [1.29, 1.82) is 0 Å². The lowest BCUT2D eigenvalue weighted by atomic mass is 10.1. The van der Waals surface area contributed by atoms with Crippen molar-refractivity contribution in [3.05, 3.63) is 63.4 Å². The monoisotopic (exact) mass is 332 g/mol. The van der Waals surface area contributed by atoms with Gasteiger partial charge >= 0.3 is 0 Å². The van der Waals surface area contributed by atoms with Gasteiger partial charge in [-0.3, -0.25) is 14.2 Å². The van der Waals surface area contributed by atoms with Gasteiger partial charge in [0.1, 0.15) is 16.3 Å². The summed E-state index contributed by atoms with van der Waals surface area (Å²) in [5.74, 6) is -0.197. The van der Waals surface area contributed by atoms with Gasteiger partial charge in [0.15, 0.2) is 5.78 Å². The molecular formula is C14H9BrN2O3. The minimum atomic E-state index is -0.291. The molecule has 0 saturated heterocycles. The lowest BCUT2D eigenvalue weighted by Gasteiger charge is -2.03. The molecule has 0 radical (unpaired) electrons. The van der Waals surface area contributed by atoms with Crippen molar-refractivity contribution in [2.24, 2.45) is 0 Å². The van der Waals surface area contributed by atoms with Crippen LogP contribution in [0.1, 0.15) is 10.4 Å². The minimum absolute atomic E-state index is 0.0746. The van der Waals surface area contributed by atoms with Gasteiger partial charge in [0.05, 0.1) is 18.4 Å². The predicted octanol–water partition coefficient (Wildman–Crippen LogP) is 2.63. The Morgan fingerprint density at radius 3 is 3.00 bits per heavy atom. The van der Waals surface area contributed by atoms with E-state index in [1.165, 1.54) is 23.4 Å². The molecule has 0 aliphatic carbocycles. The third-order valence-corrected chi connectivity index (χ3v) is 3.50. The summed E-state index contributed by atoms with van der Waals surface area (Å²) in [5.41, 5.74) is 0.823. The lowest BCUT2D eigenvalue weighted by Crippen LogP contribution is -2.24. The van der Waals surface area contributed by atoms with Gasteiger partial charge in [0.2, 0.25) is 0 Å². The number of benzene rings is 1. The van der Waals surface area contributed by atoms with Gasteiger partial charge in [-0.1, -0.05) is 18.2 Å². The fraction of sp³-hybridized carbons (Fsp3) is 0.0714. The Morgan fingerprint density at radius 1 is 1.35 bits per heavy atom. The highest BCUT2D eigenvalue weighted by Crippen LogP contribution is 2.21. The number of hydrogen-bond acceptors (Lipinski definition) is 4. The molecule has 0 saturated carbocycles. The number of furan rings is 1. The number of halogens is 1. The number of carbonyl (C=O) groups excluding carboxylic acids is 1. The summed E-state index contributed by atoms with van der Waals surface area (Å²) in [6.07, 6.45) is 4.16. The molecule has 0 amide bonds. The van der Waals surface area contributed by atoms with Crippen molar-refractivity contribution in [2.45, 2.75) is 6.54 Å². The molecule has 0 unspecified atom stereocenters. The second-order valence-electron chi connectivity index (χ2n) is 4.24. The highest BCUT2D eigenvalue weighted by Gasteiger charge is 2.15. The van der Waals surface area contributed by atoms with Gasteiger partial charge in [-0.2, -0.15) is 0 Å². The third kappa shape index (κ3) is 2.18. The van der Waals surface area contributed by atoms with E-state index in [9.17, 15) is 9.59 Å². The summed E-state index contributed by atoms with van der Waals surface area (Å²) in [4.78, 5) is 28.0. The van der Waals surface area contributed by atoms with Crippen LogP contribution >= 0.6 is 15.9 Å². The number of nitrogens with zero attached hydrogens (tertiary/aromatic N) is 2. The van der Waals surface area contributed by atoms with Crippen LogP contribution < -0.4 is 5.56 Å². The SMILES string of the molecule is O=C(Cn1cncc(Br)c1=O)c1coc2ccccc12. The molecule has 0 aliphatic rings. The number of rotatable bonds is 3. The molecule has 0 bridgehead atoms. The molecular weight excluding hydrogens is 324 g/mol. The Kier molecular flexibility index (Phi) is 3.23. The maximum atomic E-state index is 12.3. The van der Waals surface area contributed by atoms with E-state index in [1.54, 1.807) is 6.07 Å². The first-order valence-electron chi connectivity index (χ1n) is 5.86. The highest BCUT2D eigenvalue weighted by atomic mass is 79.9. The summed E-state index contributed by atoms with van der Waals surface area (Å²) < 4.78 is 6.91. The Hall–Kier alpha value is -2.21. The molecule has 0 atom stereocenters. The minimum Gasteiger partial charge on any atom is -0.464 e. The van der Waals surface area contributed by atoms with E-state index in [0.29, 0.717) is 15.6 Å². The molecule has 0 N–H and O–H groups in total. The average Bonchev–Trinajstić information content (AvgIpc) is 2.88. The van der Waals surface area contributed by atoms with Crippen molar-refractivity contribution >= 4 is 32.7 Å². The van der Waals surface area contributed by atoms with Crippen LogP contribution in [0.5, 0.6) is 0 Å². The second-order valence-corrected chi connectivity index (χ2v) is 5.10. The second kappa shape index (κ2) is 5.05. The number of ketones is 1. The van der Waals surface area contributed by atoms with Gasteiger partial charge < -0.3 is 4.42 Å². The molecule has 2 aromatic heterocycles. The Labute approximate surface area is 122 Å². The number of aromatic nitrogens is 2. The summed E-state index contributed by atoms with van der Waals surface area (Å²) in [7, 11) is 0. The molecule has 0 fully saturated rings. The molecule has 0 spiro atoms. The summed E-state index contributed by atoms with van der Waals surface area (Å²) in [5, 5.41) is 0.744. The normalized spacial score (nSPS) is 10.8. The number of hydrogen-bond donors (Lipinski definition) is 0. The number of fused-ring (bicyclic) bond motifs is 1. The Morgan fingerprint density at radius 2 is 2.15 bits per heavy atom. The first-order valence-corrected chi connectivity index (χ1v) is 6.65. The molecule has 6 heteroatoms. The molecule has 2 heterocycles. The van der Waals surface area contributed by atoms with E-state index >= 15 is 0 Å². The van der Waals surface area contributed by atoms with Crippen molar-refractivity contribution in [3.63, 3.8) is 0 Å². The standard InChI is InChI=1S/C14H9BrN2O3/c15-11-5-16-8-17(14(11)19)6-12(18)10-7-20-13-4-2-1-3-9(10)13/h1-5,7-8H,6H2. The number of carbonyl (C=O) groups is 1. The van der Waals surface area contributed by atoms with Crippen molar-refractivity contribution < 1.29 is 9.21 Å². The first kappa shape index (κ1) is 12.8. The van der Waals surface area contributed by atoms with Crippen molar-refractivity contribution in [2.75, 3.05) is 0 Å². The Balaban J connectivity index is 1.97. The van der Waals surface area contributed by atoms with Crippen LogP contribution in [0.15, 0.2) is 56.7 Å². The third-order valence-electron chi connectivity index (χ3n) is 2.95. The zero-order valence-corrected chi connectivity index (χ0v) is 11.8. The molecule has 20 heavy (non-hydrogen) atoms. The van der Waals surface area contributed by atoms with Crippen LogP contribution in [-0.2, 0) is 6.54 Å². The predicted molar refractivity (Wildman–Crippen MR) is 76.7 cm³/mol. The van der Waals surface area contributed by atoms with E-state index < -0.39 is 0 Å². The highest BCUT2D eigenvalue weighted by molar-refractivity contribution is 9.10. The van der Waals surface area contributed by atoms with Gasteiger partial charge in [-0.15, -0.1) is 0 Å². The lowest BCUT2D eigenvalue weighted by molar-refractivity contribution is 0.0971. The zero-order chi connectivity index (χ0) is 14.1. The smallest absolute Gasteiger partial charge is 0.268 e. The van der Waals surface area contributed by atoms with Crippen LogP contribution in [0, 0.1) is 0 Å². The van der Waals surface area contributed by atoms with Crippen LogP contribution in [0.4, 0.5) is 0 Å². The fourth-order valence-electron chi connectivity index (χ4n) is 1.97. The van der Waals surface area contributed by atoms with Gasteiger partial charge in [0.25, 0.3) is 5.56 Å². The number of Topliss-reactive ketones (excluding diaryl/α,β-unsaturated/α-hetero) is 1. The van der Waals surface area contributed by atoms with E-state index in [1.807, 2.05) is 18.2 Å². The average molecular weight is 333 g/mol. The summed E-state index contributed by atoms with van der Waals surface area (Å²) >= 11 is 3.10. The van der Waals surface area contributed by atoms with Gasteiger partial charge in [-0.25, -0.2) is 4.98 Å². The fourth-order valence-corrected chi connectivity index (χ4v) is 2.32.